The van der Waals surface area contributed by atoms with Gasteiger partial charge in [0, 0.05) is 27.3 Å². The van der Waals surface area contributed by atoms with E-state index in [4.69, 9.17) is 9.47 Å². The van der Waals surface area contributed by atoms with E-state index in [1.54, 1.807) is 0 Å². The van der Waals surface area contributed by atoms with Crippen LogP contribution in [0.3, 0.4) is 0 Å². The van der Waals surface area contributed by atoms with Gasteiger partial charge in [-0.3, -0.25) is 9.59 Å². The topological polar surface area (TPSA) is 114 Å². The van der Waals surface area contributed by atoms with Crippen LogP contribution in [0.25, 0.3) is 0 Å². The Kier molecular flexibility index (Phi) is 9.86. The second kappa shape index (κ2) is 11.6. The fourth-order valence-electron chi connectivity index (χ4n) is 2.00. The van der Waals surface area contributed by atoms with Gasteiger partial charge in [0.1, 0.15) is 5.82 Å². The van der Waals surface area contributed by atoms with Crippen molar-refractivity contribution in [3.05, 3.63) is 30.1 Å². The monoisotopic (exact) mass is 405 g/mol. The Balaban J connectivity index is 2.92. The maximum absolute atomic E-state index is 13.1. The summed E-state index contributed by atoms with van der Waals surface area (Å²) in [5.41, 5.74) is 0. The minimum absolute atomic E-state index is 0.194. The van der Waals surface area contributed by atoms with Crippen LogP contribution in [0.1, 0.15) is 0 Å². The third-order valence-corrected chi connectivity index (χ3v) is 5.15. The van der Waals surface area contributed by atoms with Crippen molar-refractivity contribution in [2.45, 2.75) is 4.90 Å². The molecule has 0 fully saturated rings. The molecule has 1 aromatic carbocycles. The third kappa shape index (κ3) is 7.99. The predicted molar refractivity (Wildman–Crippen MR) is 94.9 cm³/mol. The van der Waals surface area contributed by atoms with Gasteiger partial charge in [-0.1, -0.05) is 0 Å². The van der Waals surface area contributed by atoms with E-state index in [0.29, 0.717) is 0 Å². The summed E-state index contributed by atoms with van der Waals surface area (Å²) in [7, 11) is -1.27. The van der Waals surface area contributed by atoms with Gasteiger partial charge in [0.25, 0.3) is 0 Å². The molecule has 0 bridgehead atoms. The van der Waals surface area contributed by atoms with Gasteiger partial charge < -0.3 is 20.1 Å². The molecule has 2 N–H and O–H groups in total. The number of sulfonamides is 1. The number of halogens is 1. The average Bonchev–Trinajstić information content (AvgIpc) is 2.62. The molecule has 0 aliphatic rings. The second-order valence-corrected chi connectivity index (χ2v) is 7.35. The highest BCUT2D eigenvalue weighted by atomic mass is 32.2. The molecule has 0 heterocycles. The molecule has 0 aliphatic carbocycles. The van der Waals surface area contributed by atoms with Crippen LogP contribution in [-0.2, 0) is 29.1 Å². The second-order valence-electron chi connectivity index (χ2n) is 5.41. The first kappa shape index (κ1) is 23.0. The lowest BCUT2D eigenvalue weighted by Crippen LogP contribution is -2.46. The number of carbonyl (C=O) groups excluding carboxylic acids is 2. The number of hydrogen-bond donors (Lipinski definition) is 2. The number of rotatable bonds is 12. The van der Waals surface area contributed by atoms with Gasteiger partial charge in [0.2, 0.25) is 21.8 Å². The average molecular weight is 405 g/mol. The number of nitrogens with zero attached hydrogens (tertiary/aromatic N) is 1. The van der Waals surface area contributed by atoms with Crippen molar-refractivity contribution in [2.75, 3.05) is 53.6 Å². The molecule has 0 unspecified atom stereocenters. The molecule has 0 saturated heterocycles. The van der Waals surface area contributed by atoms with Crippen LogP contribution in [0.4, 0.5) is 4.39 Å². The van der Waals surface area contributed by atoms with Crippen molar-refractivity contribution in [1.82, 2.24) is 14.9 Å². The minimum Gasteiger partial charge on any atom is -0.383 e. The molecular weight excluding hydrogens is 381 g/mol. The first-order valence-electron chi connectivity index (χ1n) is 8.08. The molecule has 9 nitrogen and oxygen atoms in total. The summed E-state index contributed by atoms with van der Waals surface area (Å²) in [6.45, 7) is -0.232. The summed E-state index contributed by atoms with van der Waals surface area (Å²) >= 11 is 0. The third-order valence-electron chi connectivity index (χ3n) is 3.35. The highest BCUT2D eigenvalue weighted by molar-refractivity contribution is 7.89. The molecule has 0 radical (unpaired) electrons. The van der Waals surface area contributed by atoms with Gasteiger partial charge >= 0.3 is 0 Å². The Labute approximate surface area is 157 Å². The van der Waals surface area contributed by atoms with E-state index in [0.717, 1.165) is 28.6 Å². The maximum Gasteiger partial charge on any atom is 0.244 e. The summed E-state index contributed by atoms with van der Waals surface area (Å²) in [5, 5.41) is 4.98. The molecule has 1 aromatic rings. The fourth-order valence-corrected chi connectivity index (χ4v) is 3.35. The Bertz CT molecular complexity index is 687. The molecule has 0 spiro atoms. The number of hydrogen-bond acceptors (Lipinski definition) is 6. The summed E-state index contributed by atoms with van der Waals surface area (Å²) in [4.78, 5) is 23.8. The van der Waals surface area contributed by atoms with Crippen LogP contribution in [0.2, 0.25) is 0 Å². The lowest BCUT2D eigenvalue weighted by Gasteiger charge is -2.21. The molecule has 11 heteroatoms. The molecule has 152 valence electrons. The SMILES string of the molecule is COCCNC(=O)CN(CC(=O)NCCOC)S(=O)(=O)c1ccc(F)cc1. The van der Waals surface area contributed by atoms with E-state index in [1.165, 1.54) is 14.2 Å². The number of ether oxygens (including phenoxy) is 2. The van der Waals surface area contributed by atoms with Crippen LogP contribution in [0.5, 0.6) is 0 Å². The quantitative estimate of drug-likeness (QED) is 0.447. The lowest BCUT2D eigenvalue weighted by atomic mass is 10.4. The van der Waals surface area contributed by atoms with Crippen LogP contribution >= 0.6 is 0 Å². The Morgan fingerprint density at radius 3 is 1.81 bits per heavy atom. The summed E-state index contributed by atoms with van der Waals surface area (Å²) in [5.74, 6) is -1.79. The van der Waals surface area contributed by atoms with Gasteiger partial charge in [-0.2, -0.15) is 4.31 Å². The summed E-state index contributed by atoms with van der Waals surface area (Å²) < 4.78 is 49.0. The summed E-state index contributed by atoms with van der Waals surface area (Å²) in [6, 6.07) is 4.12. The zero-order chi connectivity index (χ0) is 20.3. The van der Waals surface area contributed by atoms with Gasteiger partial charge in [0.15, 0.2) is 0 Å². The van der Waals surface area contributed by atoms with Crippen molar-refractivity contribution >= 4 is 21.8 Å². The van der Waals surface area contributed by atoms with Crippen LogP contribution in [0, 0.1) is 5.82 Å². The molecule has 1 rings (SSSR count). The molecule has 2 amide bonds. The number of amides is 2. The van der Waals surface area contributed by atoms with E-state index >= 15 is 0 Å². The molecule has 0 aliphatic heterocycles. The molecule has 0 atom stereocenters. The van der Waals surface area contributed by atoms with Gasteiger partial charge in [-0.05, 0) is 24.3 Å². The van der Waals surface area contributed by atoms with Crippen molar-refractivity contribution < 1.29 is 31.9 Å². The van der Waals surface area contributed by atoms with Crippen LogP contribution in [0.15, 0.2) is 29.2 Å². The highest BCUT2D eigenvalue weighted by Gasteiger charge is 2.28. The van der Waals surface area contributed by atoms with Gasteiger partial charge in [0.05, 0.1) is 31.2 Å². The largest absolute Gasteiger partial charge is 0.383 e. The molecular formula is C16H24FN3O6S. The molecule has 27 heavy (non-hydrogen) atoms. The van der Waals surface area contributed by atoms with Crippen molar-refractivity contribution in [3.8, 4) is 0 Å². The number of nitrogens with one attached hydrogen (secondary N) is 2. The molecule has 0 aromatic heterocycles. The van der Waals surface area contributed by atoms with Gasteiger partial charge in [-0.25, -0.2) is 12.8 Å². The Morgan fingerprint density at radius 1 is 0.963 bits per heavy atom. The lowest BCUT2D eigenvalue weighted by molar-refractivity contribution is -0.123. The van der Waals surface area contributed by atoms with Crippen molar-refractivity contribution in [3.63, 3.8) is 0 Å². The van der Waals surface area contributed by atoms with Crippen LogP contribution in [-0.4, -0.2) is 78.1 Å². The Morgan fingerprint density at radius 2 is 1.41 bits per heavy atom. The van der Waals surface area contributed by atoms with E-state index in [2.05, 4.69) is 10.6 Å². The Hall–Kier alpha value is -2.08. The van der Waals surface area contributed by atoms with Gasteiger partial charge in [-0.15, -0.1) is 0 Å². The number of methoxy groups -OCH3 is 2. The number of benzene rings is 1. The first-order valence-corrected chi connectivity index (χ1v) is 9.52. The molecule has 0 saturated carbocycles. The van der Waals surface area contributed by atoms with Crippen LogP contribution < -0.4 is 10.6 Å². The van der Waals surface area contributed by atoms with E-state index in [1.807, 2.05) is 0 Å². The standard InChI is InChI=1S/C16H24FN3O6S/c1-25-9-7-18-15(21)11-20(12-16(22)19-8-10-26-2)27(23,24)14-5-3-13(17)4-6-14/h3-6H,7-12H2,1-2H3,(H,18,21)(H,19,22). The fraction of sp³-hybridized carbons (Fsp3) is 0.500. The maximum atomic E-state index is 13.1. The predicted octanol–water partition coefficient (Wildman–Crippen LogP) is -0.658. The van der Waals surface area contributed by atoms with Crippen molar-refractivity contribution in [1.29, 1.82) is 0 Å². The normalized spacial score (nSPS) is 11.4. The van der Waals surface area contributed by atoms with E-state index in [-0.39, 0.29) is 31.2 Å². The van der Waals surface area contributed by atoms with E-state index in [9.17, 15) is 22.4 Å². The summed E-state index contributed by atoms with van der Waals surface area (Å²) in [6.07, 6.45) is 0. The van der Waals surface area contributed by atoms with E-state index < -0.39 is 40.7 Å². The zero-order valence-electron chi connectivity index (χ0n) is 15.2. The highest BCUT2D eigenvalue weighted by Crippen LogP contribution is 2.16. The smallest absolute Gasteiger partial charge is 0.244 e. The first-order chi connectivity index (χ1) is 12.8. The number of carbonyl (C=O) groups is 2. The minimum atomic E-state index is -4.19. The van der Waals surface area contributed by atoms with Crippen molar-refractivity contribution in [2.24, 2.45) is 0 Å². The zero-order valence-corrected chi connectivity index (χ0v) is 16.1.